The number of hydrogen-bond acceptors (Lipinski definition) is 3. The molecule has 0 radical (unpaired) electrons. The minimum Gasteiger partial charge on any atom is -0.352 e. The minimum absolute atomic E-state index is 0.122. The monoisotopic (exact) mass is 357 g/mol. The van der Waals surface area contributed by atoms with E-state index < -0.39 is 5.67 Å². The smallest absolute Gasteiger partial charge is 0.275 e. The van der Waals surface area contributed by atoms with Gasteiger partial charge in [0.05, 0.1) is 11.1 Å². The molecule has 1 fully saturated rings. The first-order valence-corrected chi connectivity index (χ1v) is 9.16. The number of fused-ring (bicyclic) bond motifs is 1. The molecule has 26 heavy (non-hydrogen) atoms. The first kappa shape index (κ1) is 18.6. The Balaban J connectivity index is 1.88. The van der Waals surface area contributed by atoms with E-state index in [4.69, 9.17) is 0 Å². The van der Waals surface area contributed by atoms with Crippen LogP contribution in [0.15, 0.2) is 23.0 Å². The Morgan fingerprint density at radius 1 is 1.46 bits per heavy atom. The Kier molecular flexibility index (Phi) is 4.91. The minimum atomic E-state index is -1.22. The Labute approximate surface area is 153 Å². The van der Waals surface area contributed by atoms with E-state index in [1.54, 1.807) is 13.0 Å². The van der Waals surface area contributed by atoms with Crippen LogP contribution in [0, 0.1) is 0 Å². The van der Waals surface area contributed by atoms with Gasteiger partial charge in [0.25, 0.3) is 5.56 Å². The summed E-state index contributed by atoms with van der Waals surface area (Å²) in [7, 11) is 1.97. The zero-order valence-electron chi connectivity index (χ0n) is 15.8. The summed E-state index contributed by atoms with van der Waals surface area (Å²) in [6, 6.07) is 5.46. The molecule has 7 heteroatoms. The molecule has 1 heterocycles. The van der Waals surface area contributed by atoms with Crippen LogP contribution in [0.2, 0.25) is 0 Å². The highest BCUT2D eigenvalue weighted by Gasteiger charge is 2.35. The first-order chi connectivity index (χ1) is 12.2. The van der Waals surface area contributed by atoms with E-state index in [0.29, 0.717) is 24.6 Å². The molecule has 1 aromatic heterocycles. The molecule has 2 aromatic rings. The van der Waals surface area contributed by atoms with Crippen LogP contribution in [0.4, 0.5) is 4.39 Å². The number of benzene rings is 1. The highest BCUT2D eigenvalue weighted by atomic mass is 19.1. The Morgan fingerprint density at radius 2 is 2.19 bits per heavy atom. The van der Waals surface area contributed by atoms with Crippen LogP contribution < -0.4 is 16.3 Å². The topological polar surface area (TPSA) is 64.0 Å². The largest absolute Gasteiger partial charge is 0.352 e. The molecule has 2 unspecified atom stereocenters. The van der Waals surface area contributed by atoms with Crippen molar-refractivity contribution in [3.8, 4) is 0 Å². The second-order valence-corrected chi connectivity index (χ2v) is 7.97. The molecule has 2 atom stereocenters. The van der Waals surface area contributed by atoms with Gasteiger partial charge in [0, 0.05) is 17.8 Å². The van der Waals surface area contributed by atoms with Gasteiger partial charge in [0.2, 0.25) is 5.91 Å². The highest BCUT2D eigenvalue weighted by Crippen LogP contribution is 2.32. The molecular formula is C19H25BFN3O2. The second-order valence-electron chi connectivity index (χ2n) is 7.97. The number of hydrogen-bond donors (Lipinski definition) is 1. The maximum Gasteiger partial charge on any atom is 0.275 e. The van der Waals surface area contributed by atoms with Crippen molar-refractivity contribution in [1.82, 2.24) is 15.1 Å². The fraction of sp³-hybridized carbons (Fsp3) is 0.526. The van der Waals surface area contributed by atoms with Gasteiger partial charge < -0.3 is 5.32 Å². The van der Waals surface area contributed by atoms with Crippen LogP contribution >= 0.6 is 0 Å². The molecule has 3 rings (SSSR count). The number of halogens is 1. The SMILES string of the molecule is Bc1ccc2c(=O)n(CC(=O)NC3CCC(C)(F)C3)nc(C(C)C)c2c1. The molecule has 5 nitrogen and oxygen atoms in total. The van der Waals surface area contributed by atoms with Gasteiger partial charge in [-0.15, -0.1) is 0 Å². The van der Waals surface area contributed by atoms with Crippen LogP contribution in [0.1, 0.15) is 51.6 Å². The first-order valence-electron chi connectivity index (χ1n) is 9.16. The van der Waals surface area contributed by atoms with Gasteiger partial charge in [-0.2, -0.15) is 5.10 Å². The van der Waals surface area contributed by atoms with Gasteiger partial charge in [-0.05, 0) is 31.7 Å². The van der Waals surface area contributed by atoms with Crippen molar-refractivity contribution in [2.24, 2.45) is 0 Å². The molecule has 0 spiro atoms. The molecule has 1 aliphatic carbocycles. The summed E-state index contributed by atoms with van der Waals surface area (Å²) in [6.07, 6.45) is 1.38. The van der Waals surface area contributed by atoms with Crippen molar-refractivity contribution < 1.29 is 9.18 Å². The van der Waals surface area contributed by atoms with Gasteiger partial charge in [0.1, 0.15) is 20.1 Å². The number of nitrogens with one attached hydrogen (secondary N) is 1. The van der Waals surface area contributed by atoms with Gasteiger partial charge in [-0.25, -0.2) is 9.07 Å². The predicted molar refractivity (Wildman–Crippen MR) is 104 cm³/mol. The third-order valence-corrected chi connectivity index (χ3v) is 5.04. The van der Waals surface area contributed by atoms with E-state index >= 15 is 0 Å². The van der Waals surface area contributed by atoms with E-state index in [0.717, 1.165) is 16.5 Å². The molecule has 0 bridgehead atoms. The maximum atomic E-state index is 13.9. The van der Waals surface area contributed by atoms with Crippen molar-refractivity contribution >= 4 is 30.0 Å². The Hall–Kier alpha value is -2.18. The van der Waals surface area contributed by atoms with Crippen molar-refractivity contribution in [2.45, 2.75) is 64.2 Å². The molecule has 138 valence electrons. The third-order valence-electron chi connectivity index (χ3n) is 5.04. The van der Waals surface area contributed by atoms with Gasteiger partial charge in [0.15, 0.2) is 0 Å². The second kappa shape index (κ2) is 6.85. The van der Waals surface area contributed by atoms with Crippen molar-refractivity contribution in [3.63, 3.8) is 0 Å². The Bertz CT molecular complexity index is 908. The summed E-state index contributed by atoms with van der Waals surface area (Å²) < 4.78 is 15.2. The molecule has 0 aliphatic heterocycles. The third kappa shape index (κ3) is 3.81. The summed E-state index contributed by atoms with van der Waals surface area (Å²) in [4.78, 5) is 25.1. The van der Waals surface area contributed by atoms with Crippen LogP contribution in [0.25, 0.3) is 10.8 Å². The molecule has 1 aromatic carbocycles. The molecule has 1 amide bonds. The van der Waals surface area contributed by atoms with Crippen molar-refractivity contribution in [3.05, 3.63) is 34.2 Å². The van der Waals surface area contributed by atoms with E-state index in [-0.39, 0.29) is 30.0 Å². The van der Waals surface area contributed by atoms with Crippen LogP contribution in [0.5, 0.6) is 0 Å². The lowest BCUT2D eigenvalue weighted by Crippen LogP contribution is -2.39. The van der Waals surface area contributed by atoms with Crippen molar-refractivity contribution in [1.29, 1.82) is 0 Å². The summed E-state index contributed by atoms with van der Waals surface area (Å²) in [6.45, 7) is 5.44. The van der Waals surface area contributed by atoms with Gasteiger partial charge in [-0.1, -0.05) is 31.4 Å². The molecular weight excluding hydrogens is 332 g/mol. The molecule has 1 aliphatic rings. The van der Waals surface area contributed by atoms with Crippen molar-refractivity contribution in [2.75, 3.05) is 0 Å². The number of carbonyl (C=O) groups is 1. The summed E-state index contributed by atoms with van der Waals surface area (Å²) in [5.41, 5.74) is 0.361. The van der Waals surface area contributed by atoms with Gasteiger partial charge >= 0.3 is 0 Å². The van der Waals surface area contributed by atoms with Gasteiger partial charge in [-0.3, -0.25) is 9.59 Å². The number of alkyl halides is 1. The number of carbonyl (C=O) groups excluding carboxylic acids is 1. The fourth-order valence-corrected chi connectivity index (χ4v) is 3.68. The molecule has 0 saturated heterocycles. The standard InChI is InChI=1S/C19H25BFN3O2/c1-11(2)17-15-8-12(20)4-5-14(15)18(26)24(23-17)10-16(25)22-13-6-7-19(3,21)9-13/h4-5,8,11,13H,6-7,9-10,20H2,1-3H3,(H,22,25). The number of amides is 1. The van der Waals surface area contributed by atoms with Crippen LogP contribution in [-0.4, -0.2) is 35.2 Å². The zero-order valence-corrected chi connectivity index (χ0v) is 15.8. The molecule has 1 saturated carbocycles. The quantitative estimate of drug-likeness (QED) is 0.836. The summed E-state index contributed by atoms with van der Waals surface area (Å²) in [5.74, 6) is -0.181. The van der Waals surface area contributed by atoms with E-state index in [9.17, 15) is 14.0 Å². The zero-order chi connectivity index (χ0) is 19.1. The molecule has 1 N–H and O–H groups in total. The van der Waals surface area contributed by atoms with E-state index in [1.165, 1.54) is 4.68 Å². The normalized spacial score (nSPS) is 22.9. The number of aromatic nitrogens is 2. The number of nitrogens with zero attached hydrogens (tertiary/aromatic N) is 2. The van der Waals surface area contributed by atoms with E-state index in [1.807, 2.05) is 33.8 Å². The lowest BCUT2D eigenvalue weighted by atomic mass is 9.92. The van der Waals surface area contributed by atoms with Crippen LogP contribution in [0.3, 0.4) is 0 Å². The van der Waals surface area contributed by atoms with Crippen LogP contribution in [-0.2, 0) is 11.3 Å². The lowest BCUT2D eigenvalue weighted by Gasteiger charge is -2.16. The lowest BCUT2D eigenvalue weighted by molar-refractivity contribution is -0.122. The predicted octanol–water partition coefficient (Wildman–Crippen LogP) is 1.18. The summed E-state index contributed by atoms with van der Waals surface area (Å²) in [5, 5.41) is 8.70. The number of rotatable bonds is 4. The van der Waals surface area contributed by atoms with E-state index in [2.05, 4.69) is 10.4 Å². The average molecular weight is 357 g/mol. The maximum absolute atomic E-state index is 13.9. The summed E-state index contributed by atoms with van der Waals surface area (Å²) >= 11 is 0. The highest BCUT2D eigenvalue weighted by molar-refractivity contribution is 6.33. The Morgan fingerprint density at radius 3 is 2.81 bits per heavy atom. The fourth-order valence-electron chi connectivity index (χ4n) is 3.68. The average Bonchev–Trinajstić information content (AvgIpc) is 2.88.